The second kappa shape index (κ2) is 6.62. The minimum absolute atomic E-state index is 0.111. The Kier molecular flexibility index (Phi) is 4.74. The van der Waals surface area contributed by atoms with Gasteiger partial charge in [-0.3, -0.25) is 4.79 Å². The Labute approximate surface area is 139 Å². The van der Waals surface area contributed by atoms with Crippen molar-refractivity contribution in [3.8, 4) is 0 Å². The summed E-state index contributed by atoms with van der Waals surface area (Å²) in [5.41, 5.74) is 7.62. The SMILES string of the molecule is CCO[C@H]1C[C@H](N(C)C(=O)c2ccc(CN)cc2)C12CCCC2. The third-order valence-corrected chi connectivity index (χ3v) is 5.87. The Hall–Kier alpha value is -1.39. The molecule has 1 aromatic rings. The molecule has 23 heavy (non-hydrogen) atoms. The fourth-order valence-electron chi connectivity index (χ4n) is 4.52. The molecule has 1 spiro atoms. The minimum Gasteiger partial charge on any atom is -0.378 e. The van der Waals surface area contributed by atoms with Crippen LogP contribution in [0.5, 0.6) is 0 Å². The van der Waals surface area contributed by atoms with Crippen molar-refractivity contribution in [3.05, 3.63) is 35.4 Å². The van der Waals surface area contributed by atoms with Crippen LogP contribution in [0.25, 0.3) is 0 Å². The molecule has 126 valence electrons. The molecule has 0 saturated heterocycles. The predicted molar refractivity (Wildman–Crippen MR) is 91.1 cm³/mol. The number of rotatable bonds is 5. The number of hydrogen-bond acceptors (Lipinski definition) is 3. The largest absolute Gasteiger partial charge is 0.378 e. The maximum Gasteiger partial charge on any atom is 0.253 e. The van der Waals surface area contributed by atoms with Gasteiger partial charge in [-0.15, -0.1) is 0 Å². The van der Waals surface area contributed by atoms with E-state index in [4.69, 9.17) is 10.5 Å². The molecule has 0 radical (unpaired) electrons. The number of carbonyl (C=O) groups is 1. The van der Waals surface area contributed by atoms with Gasteiger partial charge in [-0.25, -0.2) is 0 Å². The standard InChI is InChI=1S/C19H28N2O2/c1-3-23-17-12-16(19(17)10-4-5-11-19)21(2)18(22)15-8-6-14(13-20)7-9-15/h6-9,16-17H,3-5,10-13,20H2,1-2H3/t16-,17-/m0/s1. The lowest BCUT2D eigenvalue weighted by atomic mass is 9.60. The molecule has 0 aliphatic heterocycles. The lowest BCUT2D eigenvalue weighted by molar-refractivity contribution is -0.152. The van der Waals surface area contributed by atoms with Crippen LogP contribution in [0, 0.1) is 5.41 Å². The van der Waals surface area contributed by atoms with Crippen LogP contribution in [0.2, 0.25) is 0 Å². The first kappa shape index (κ1) is 16.5. The second-order valence-electron chi connectivity index (χ2n) is 6.95. The maximum atomic E-state index is 12.8. The highest BCUT2D eigenvalue weighted by Crippen LogP contribution is 2.56. The summed E-state index contributed by atoms with van der Waals surface area (Å²) >= 11 is 0. The van der Waals surface area contributed by atoms with E-state index in [0.29, 0.717) is 18.7 Å². The molecule has 4 heteroatoms. The molecule has 2 N–H and O–H groups in total. The summed E-state index contributed by atoms with van der Waals surface area (Å²) in [6, 6.07) is 7.97. The summed E-state index contributed by atoms with van der Waals surface area (Å²) in [6.07, 6.45) is 6.19. The van der Waals surface area contributed by atoms with E-state index in [1.54, 1.807) is 0 Å². The van der Waals surface area contributed by atoms with E-state index >= 15 is 0 Å². The average molecular weight is 316 g/mol. The number of nitrogens with zero attached hydrogens (tertiary/aromatic N) is 1. The normalized spacial score (nSPS) is 25.3. The van der Waals surface area contributed by atoms with Crippen molar-refractivity contribution in [1.82, 2.24) is 4.90 Å². The highest BCUT2D eigenvalue weighted by atomic mass is 16.5. The van der Waals surface area contributed by atoms with Gasteiger partial charge in [0.25, 0.3) is 5.91 Å². The number of benzene rings is 1. The number of amides is 1. The Balaban J connectivity index is 1.74. The van der Waals surface area contributed by atoms with Crippen molar-refractivity contribution >= 4 is 5.91 Å². The maximum absolute atomic E-state index is 12.8. The molecule has 3 rings (SSSR count). The summed E-state index contributed by atoms with van der Waals surface area (Å²) < 4.78 is 5.96. The molecule has 2 atom stereocenters. The van der Waals surface area contributed by atoms with Gasteiger partial charge in [0.1, 0.15) is 0 Å². The van der Waals surface area contributed by atoms with Gasteiger partial charge >= 0.3 is 0 Å². The van der Waals surface area contributed by atoms with Gasteiger partial charge in [-0.05, 0) is 43.9 Å². The molecule has 2 fully saturated rings. The number of carbonyl (C=O) groups excluding carboxylic acids is 1. The van der Waals surface area contributed by atoms with Gasteiger partial charge in [0, 0.05) is 37.2 Å². The quantitative estimate of drug-likeness (QED) is 0.908. The Morgan fingerprint density at radius 3 is 2.52 bits per heavy atom. The molecule has 4 nitrogen and oxygen atoms in total. The van der Waals surface area contributed by atoms with E-state index in [1.807, 2.05) is 36.2 Å². The Morgan fingerprint density at radius 1 is 1.30 bits per heavy atom. The van der Waals surface area contributed by atoms with Crippen LogP contribution < -0.4 is 5.73 Å². The van der Waals surface area contributed by atoms with E-state index in [1.165, 1.54) is 25.7 Å². The van der Waals surface area contributed by atoms with Gasteiger partial charge < -0.3 is 15.4 Å². The molecule has 2 aliphatic rings. The van der Waals surface area contributed by atoms with Crippen molar-refractivity contribution in [2.24, 2.45) is 11.1 Å². The van der Waals surface area contributed by atoms with Gasteiger partial charge in [-0.2, -0.15) is 0 Å². The van der Waals surface area contributed by atoms with Gasteiger partial charge in [0.15, 0.2) is 0 Å². The fraction of sp³-hybridized carbons (Fsp3) is 0.632. The first-order valence-corrected chi connectivity index (χ1v) is 8.80. The summed E-state index contributed by atoms with van der Waals surface area (Å²) in [4.78, 5) is 14.8. The summed E-state index contributed by atoms with van der Waals surface area (Å²) in [5.74, 6) is 0.111. The number of ether oxygens (including phenoxy) is 1. The molecule has 1 amide bonds. The summed E-state index contributed by atoms with van der Waals surface area (Å²) in [6.45, 7) is 3.33. The first-order valence-electron chi connectivity index (χ1n) is 8.80. The topological polar surface area (TPSA) is 55.6 Å². The van der Waals surface area contributed by atoms with Crippen LogP contribution in [0.15, 0.2) is 24.3 Å². The number of nitrogens with two attached hydrogens (primary N) is 1. The van der Waals surface area contributed by atoms with Crippen molar-refractivity contribution in [3.63, 3.8) is 0 Å². The zero-order valence-electron chi connectivity index (χ0n) is 14.3. The Morgan fingerprint density at radius 2 is 1.96 bits per heavy atom. The van der Waals surface area contributed by atoms with Crippen LogP contribution in [-0.4, -0.2) is 36.6 Å². The molecule has 0 bridgehead atoms. The third-order valence-electron chi connectivity index (χ3n) is 5.87. The van der Waals surface area contributed by atoms with E-state index in [2.05, 4.69) is 6.92 Å². The molecule has 0 unspecified atom stereocenters. The average Bonchev–Trinajstić information content (AvgIpc) is 3.10. The molecular formula is C19H28N2O2. The van der Waals surface area contributed by atoms with Crippen molar-refractivity contribution in [2.45, 2.75) is 57.7 Å². The fourth-order valence-corrected chi connectivity index (χ4v) is 4.52. The molecular weight excluding hydrogens is 288 g/mol. The zero-order valence-corrected chi connectivity index (χ0v) is 14.3. The van der Waals surface area contributed by atoms with E-state index in [0.717, 1.165) is 24.2 Å². The van der Waals surface area contributed by atoms with Crippen LogP contribution in [0.4, 0.5) is 0 Å². The van der Waals surface area contributed by atoms with Gasteiger partial charge in [-0.1, -0.05) is 25.0 Å². The summed E-state index contributed by atoms with van der Waals surface area (Å²) in [7, 11) is 1.95. The highest BCUT2D eigenvalue weighted by molar-refractivity contribution is 5.94. The summed E-state index contributed by atoms with van der Waals surface area (Å²) in [5, 5.41) is 0. The smallest absolute Gasteiger partial charge is 0.253 e. The lowest BCUT2D eigenvalue weighted by Gasteiger charge is -2.57. The monoisotopic (exact) mass is 316 g/mol. The molecule has 2 aliphatic carbocycles. The molecule has 0 aromatic heterocycles. The minimum atomic E-state index is 0.111. The van der Waals surface area contributed by atoms with E-state index < -0.39 is 0 Å². The van der Waals surface area contributed by atoms with Crippen LogP contribution >= 0.6 is 0 Å². The van der Waals surface area contributed by atoms with Crippen molar-refractivity contribution in [1.29, 1.82) is 0 Å². The molecule has 1 aromatic carbocycles. The van der Waals surface area contributed by atoms with Crippen molar-refractivity contribution < 1.29 is 9.53 Å². The third kappa shape index (κ3) is 2.79. The van der Waals surface area contributed by atoms with E-state index in [-0.39, 0.29) is 11.3 Å². The second-order valence-corrected chi connectivity index (χ2v) is 6.95. The first-order chi connectivity index (χ1) is 11.1. The molecule has 0 heterocycles. The van der Waals surface area contributed by atoms with Crippen molar-refractivity contribution in [2.75, 3.05) is 13.7 Å². The van der Waals surface area contributed by atoms with E-state index in [9.17, 15) is 4.79 Å². The van der Waals surface area contributed by atoms with Gasteiger partial charge in [0.05, 0.1) is 6.10 Å². The van der Waals surface area contributed by atoms with Crippen LogP contribution in [0.1, 0.15) is 54.9 Å². The molecule has 2 saturated carbocycles. The number of hydrogen-bond donors (Lipinski definition) is 1. The lowest BCUT2D eigenvalue weighted by Crippen LogP contribution is -2.64. The highest BCUT2D eigenvalue weighted by Gasteiger charge is 2.58. The zero-order chi connectivity index (χ0) is 16.4. The Bertz CT molecular complexity index is 549. The predicted octanol–water partition coefficient (Wildman–Crippen LogP) is 2.96. The van der Waals surface area contributed by atoms with Crippen LogP contribution in [0.3, 0.4) is 0 Å². The van der Waals surface area contributed by atoms with Gasteiger partial charge in [0.2, 0.25) is 0 Å². The van der Waals surface area contributed by atoms with Crippen LogP contribution in [-0.2, 0) is 11.3 Å².